The Labute approximate surface area is 99.3 Å². The molecule has 0 radical (unpaired) electrons. The molecule has 0 bridgehead atoms. The Morgan fingerprint density at radius 3 is 2.76 bits per heavy atom. The van der Waals surface area contributed by atoms with Crippen LogP contribution >= 0.6 is 0 Å². The number of rotatable bonds is 2. The highest BCUT2D eigenvalue weighted by molar-refractivity contribution is 5.65. The second kappa shape index (κ2) is 4.74. The largest absolute Gasteiger partial charge is 0.465 e. The van der Waals surface area contributed by atoms with E-state index in [1.54, 1.807) is 12.1 Å². The Morgan fingerprint density at radius 1 is 1.47 bits per heavy atom. The van der Waals surface area contributed by atoms with Crippen molar-refractivity contribution in [3.63, 3.8) is 0 Å². The minimum absolute atomic E-state index is 0.0110. The molecule has 1 fully saturated rings. The van der Waals surface area contributed by atoms with Crippen LogP contribution in [0, 0.1) is 11.3 Å². The van der Waals surface area contributed by atoms with E-state index >= 15 is 0 Å². The Balaban J connectivity index is 2.00. The molecule has 0 saturated carbocycles. The van der Waals surface area contributed by atoms with Gasteiger partial charge in [0.1, 0.15) is 0 Å². The van der Waals surface area contributed by atoms with E-state index in [1.165, 1.54) is 0 Å². The number of benzene rings is 1. The zero-order chi connectivity index (χ0) is 12.3. The fourth-order valence-electron chi connectivity index (χ4n) is 2.03. The Kier molecular flexibility index (Phi) is 3.15. The van der Waals surface area contributed by atoms with Gasteiger partial charge < -0.3 is 15.3 Å². The maximum Gasteiger partial charge on any atom is 0.404 e. The van der Waals surface area contributed by atoms with Crippen molar-refractivity contribution in [3.8, 4) is 6.07 Å². The molecule has 2 rings (SSSR count). The van der Waals surface area contributed by atoms with Crippen molar-refractivity contribution in [1.82, 2.24) is 5.32 Å². The van der Waals surface area contributed by atoms with Gasteiger partial charge in [0.15, 0.2) is 0 Å². The monoisotopic (exact) mass is 231 g/mol. The van der Waals surface area contributed by atoms with Crippen molar-refractivity contribution in [2.45, 2.75) is 12.5 Å². The van der Waals surface area contributed by atoms with Gasteiger partial charge in [0.2, 0.25) is 0 Å². The standard InChI is InChI=1S/C12H13N3O2/c13-7-9-1-3-11(4-2-9)15-6-5-10(8-15)14-12(16)17/h1-4,10,14H,5-6,8H2,(H,16,17)/t10-/m1/s1. The molecule has 1 heterocycles. The van der Waals surface area contributed by atoms with Gasteiger partial charge in [-0.25, -0.2) is 4.79 Å². The van der Waals surface area contributed by atoms with Gasteiger partial charge in [0, 0.05) is 18.8 Å². The van der Waals surface area contributed by atoms with E-state index in [0.717, 1.165) is 18.7 Å². The van der Waals surface area contributed by atoms with Gasteiger partial charge in [-0.15, -0.1) is 0 Å². The Hall–Kier alpha value is -2.22. The van der Waals surface area contributed by atoms with Crippen molar-refractivity contribution in [1.29, 1.82) is 5.26 Å². The summed E-state index contributed by atoms with van der Waals surface area (Å²) in [4.78, 5) is 12.6. The molecule has 2 N–H and O–H groups in total. The number of carbonyl (C=O) groups is 1. The number of anilines is 1. The summed E-state index contributed by atoms with van der Waals surface area (Å²) in [5.74, 6) is 0. The number of amides is 1. The number of hydrogen-bond acceptors (Lipinski definition) is 3. The quantitative estimate of drug-likeness (QED) is 0.806. The molecule has 1 atom stereocenters. The Morgan fingerprint density at radius 2 is 2.18 bits per heavy atom. The fraction of sp³-hybridized carbons (Fsp3) is 0.333. The molecular formula is C12H13N3O2. The maximum atomic E-state index is 10.5. The third-order valence-corrected chi connectivity index (χ3v) is 2.88. The van der Waals surface area contributed by atoms with Gasteiger partial charge in [0.05, 0.1) is 17.7 Å². The zero-order valence-corrected chi connectivity index (χ0v) is 9.26. The fourth-order valence-corrected chi connectivity index (χ4v) is 2.03. The van der Waals surface area contributed by atoms with Crippen LogP contribution in [0.3, 0.4) is 0 Å². The van der Waals surface area contributed by atoms with Crippen LogP contribution in [0.25, 0.3) is 0 Å². The summed E-state index contributed by atoms with van der Waals surface area (Å²) >= 11 is 0. The second-order valence-corrected chi connectivity index (χ2v) is 4.04. The van der Waals surface area contributed by atoms with E-state index in [1.807, 2.05) is 12.1 Å². The van der Waals surface area contributed by atoms with Crippen molar-refractivity contribution in [2.75, 3.05) is 18.0 Å². The first-order chi connectivity index (χ1) is 8.19. The summed E-state index contributed by atoms with van der Waals surface area (Å²) in [5, 5.41) is 19.8. The molecule has 0 aliphatic carbocycles. The van der Waals surface area contributed by atoms with Crippen LogP contribution in [0.5, 0.6) is 0 Å². The molecule has 1 aromatic rings. The van der Waals surface area contributed by atoms with Crippen molar-refractivity contribution in [2.24, 2.45) is 0 Å². The minimum atomic E-state index is -0.975. The first kappa shape index (κ1) is 11.3. The smallest absolute Gasteiger partial charge is 0.404 e. The van der Waals surface area contributed by atoms with Crippen LogP contribution in [0.1, 0.15) is 12.0 Å². The molecule has 88 valence electrons. The van der Waals surface area contributed by atoms with E-state index in [2.05, 4.69) is 16.3 Å². The van der Waals surface area contributed by atoms with Crippen LogP contribution in [-0.4, -0.2) is 30.3 Å². The van der Waals surface area contributed by atoms with Gasteiger partial charge in [-0.1, -0.05) is 0 Å². The van der Waals surface area contributed by atoms with Gasteiger partial charge in [-0.3, -0.25) is 0 Å². The van der Waals surface area contributed by atoms with E-state index in [-0.39, 0.29) is 6.04 Å². The molecule has 1 saturated heterocycles. The lowest BCUT2D eigenvalue weighted by atomic mass is 10.2. The third kappa shape index (κ3) is 2.67. The van der Waals surface area contributed by atoms with Crippen molar-refractivity contribution in [3.05, 3.63) is 29.8 Å². The molecule has 1 aliphatic rings. The molecule has 17 heavy (non-hydrogen) atoms. The number of nitrogens with zero attached hydrogens (tertiary/aromatic N) is 2. The summed E-state index contributed by atoms with van der Waals surface area (Å²) in [6.45, 7) is 1.51. The SMILES string of the molecule is N#Cc1ccc(N2CC[C@@H](NC(=O)O)C2)cc1. The molecule has 5 nitrogen and oxygen atoms in total. The van der Waals surface area contributed by atoms with Crippen LogP contribution in [0.15, 0.2) is 24.3 Å². The third-order valence-electron chi connectivity index (χ3n) is 2.88. The minimum Gasteiger partial charge on any atom is -0.465 e. The van der Waals surface area contributed by atoms with Crippen LogP contribution in [-0.2, 0) is 0 Å². The van der Waals surface area contributed by atoms with Crippen molar-refractivity contribution < 1.29 is 9.90 Å². The highest BCUT2D eigenvalue weighted by Gasteiger charge is 2.23. The van der Waals surface area contributed by atoms with Crippen LogP contribution in [0.2, 0.25) is 0 Å². The lowest BCUT2D eigenvalue weighted by Gasteiger charge is -2.18. The summed E-state index contributed by atoms with van der Waals surface area (Å²) < 4.78 is 0. The average Bonchev–Trinajstić information content (AvgIpc) is 2.77. The van der Waals surface area contributed by atoms with Gasteiger partial charge in [-0.2, -0.15) is 5.26 Å². The predicted molar refractivity (Wildman–Crippen MR) is 62.9 cm³/mol. The summed E-state index contributed by atoms with van der Waals surface area (Å²) in [6.07, 6.45) is -0.163. The molecular weight excluding hydrogens is 218 g/mol. The highest BCUT2D eigenvalue weighted by Crippen LogP contribution is 2.20. The van der Waals surface area contributed by atoms with Crippen LogP contribution < -0.4 is 10.2 Å². The maximum absolute atomic E-state index is 10.5. The zero-order valence-electron chi connectivity index (χ0n) is 9.26. The molecule has 1 amide bonds. The molecule has 5 heteroatoms. The first-order valence-corrected chi connectivity index (χ1v) is 5.43. The van der Waals surface area contributed by atoms with Gasteiger partial charge in [-0.05, 0) is 30.7 Å². The van der Waals surface area contributed by atoms with Gasteiger partial charge >= 0.3 is 6.09 Å². The number of nitrogens with one attached hydrogen (secondary N) is 1. The van der Waals surface area contributed by atoms with Crippen molar-refractivity contribution >= 4 is 11.8 Å². The lowest BCUT2D eigenvalue weighted by Crippen LogP contribution is -2.35. The summed E-state index contributed by atoms with van der Waals surface area (Å²) in [7, 11) is 0. The van der Waals surface area contributed by atoms with Gasteiger partial charge in [0.25, 0.3) is 0 Å². The summed E-state index contributed by atoms with van der Waals surface area (Å²) in [5.41, 5.74) is 1.66. The van der Waals surface area contributed by atoms with E-state index in [9.17, 15) is 4.79 Å². The topological polar surface area (TPSA) is 76.4 Å². The van der Waals surface area contributed by atoms with E-state index in [4.69, 9.17) is 10.4 Å². The predicted octanol–water partition coefficient (Wildman–Crippen LogP) is 1.40. The highest BCUT2D eigenvalue weighted by atomic mass is 16.4. The second-order valence-electron chi connectivity index (χ2n) is 4.04. The number of hydrogen-bond donors (Lipinski definition) is 2. The molecule has 1 aliphatic heterocycles. The lowest BCUT2D eigenvalue weighted by molar-refractivity contribution is 0.191. The molecule has 0 unspecified atom stereocenters. The molecule has 1 aromatic carbocycles. The first-order valence-electron chi connectivity index (χ1n) is 5.43. The van der Waals surface area contributed by atoms with E-state index in [0.29, 0.717) is 12.1 Å². The Bertz CT molecular complexity index is 450. The van der Waals surface area contributed by atoms with Crippen LogP contribution in [0.4, 0.5) is 10.5 Å². The molecule has 0 aromatic heterocycles. The summed E-state index contributed by atoms with van der Waals surface area (Å²) in [6, 6.07) is 9.38. The molecule has 0 spiro atoms. The number of carboxylic acid groups (broad SMARTS) is 1. The average molecular weight is 231 g/mol. The van der Waals surface area contributed by atoms with E-state index < -0.39 is 6.09 Å². The normalized spacial score (nSPS) is 18.8. The number of nitriles is 1.